The molecular weight excluding hydrogens is 407 g/mol. The summed E-state index contributed by atoms with van der Waals surface area (Å²) in [6.45, 7) is 2.04. The van der Waals surface area contributed by atoms with Gasteiger partial charge in [-0.25, -0.2) is 9.37 Å². The van der Waals surface area contributed by atoms with Crippen LogP contribution >= 0.6 is 12.4 Å². The Kier molecular flexibility index (Phi) is 7.26. The van der Waals surface area contributed by atoms with E-state index in [-0.39, 0.29) is 19.0 Å². The molecule has 2 aromatic carbocycles. The fraction of sp³-hybridized carbons (Fsp3) is 0.348. The van der Waals surface area contributed by atoms with Crippen LogP contribution < -0.4 is 0 Å². The van der Waals surface area contributed by atoms with Crippen molar-refractivity contribution in [3.8, 4) is 0 Å². The SMILES string of the molecule is COC1(n2ccnc2C)C(F)COC(c2ccccc2)C1OCc1ccccc1.Cl. The first-order valence-electron chi connectivity index (χ1n) is 9.68. The number of rotatable bonds is 6. The van der Waals surface area contributed by atoms with Crippen LogP contribution in [0.5, 0.6) is 0 Å². The van der Waals surface area contributed by atoms with Crippen LogP contribution in [0.3, 0.4) is 0 Å². The number of nitrogens with zero attached hydrogens (tertiary/aromatic N) is 2. The summed E-state index contributed by atoms with van der Waals surface area (Å²) in [5.74, 6) is 0.650. The Hall–Kier alpha value is -2.25. The third-order valence-electron chi connectivity index (χ3n) is 5.48. The Bertz CT molecular complexity index is 924. The first-order chi connectivity index (χ1) is 14.2. The fourth-order valence-electron chi connectivity index (χ4n) is 4.05. The van der Waals surface area contributed by atoms with Gasteiger partial charge in [-0.15, -0.1) is 12.4 Å². The largest absolute Gasteiger partial charge is 0.367 e. The van der Waals surface area contributed by atoms with Crippen LogP contribution in [0, 0.1) is 6.92 Å². The van der Waals surface area contributed by atoms with Crippen LogP contribution in [0.4, 0.5) is 4.39 Å². The van der Waals surface area contributed by atoms with Crippen molar-refractivity contribution in [2.24, 2.45) is 0 Å². The molecule has 1 saturated heterocycles. The number of methoxy groups -OCH3 is 1. The number of ether oxygens (including phenoxy) is 3. The molecule has 1 aromatic heterocycles. The van der Waals surface area contributed by atoms with Crippen molar-refractivity contribution >= 4 is 12.4 Å². The Morgan fingerprint density at radius 1 is 1.13 bits per heavy atom. The van der Waals surface area contributed by atoms with Crippen LogP contribution in [-0.4, -0.2) is 35.5 Å². The van der Waals surface area contributed by atoms with E-state index in [1.807, 2.05) is 67.6 Å². The van der Waals surface area contributed by atoms with Gasteiger partial charge in [-0.2, -0.15) is 0 Å². The first-order valence-corrected chi connectivity index (χ1v) is 9.68. The Balaban J connectivity index is 0.00000256. The smallest absolute Gasteiger partial charge is 0.209 e. The quantitative estimate of drug-likeness (QED) is 0.570. The lowest BCUT2D eigenvalue weighted by molar-refractivity contribution is -0.293. The maximum Gasteiger partial charge on any atom is 0.209 e. The highest BCUT2D eigenvalue weighted by Gasteiger charge is 2.57. The summed E-state index contributed by atoms with van der Waals surface area (Å²) in [4.78, 5) is 4.29. The molecule has 30 heavy (non-hydrogen) atoms. The maximum absolute atomic E-state index is 15.5. The predicted molar refractivity (Wildman–Crippen MR) is 114 cm³/mol. The number of halogens is 2. The molecule has 0 amide bonds. The molecular formula is C23H26ClFN2O3. The molecule has 1 aliphatic rings. The minimum Gasteiger partial charge on any atom is -0.367 e. The molecule has 0 aliphatic carbocycles. The van der Waals surface area contributed by atoms with E-state index in [2.05, 4.69) is 4.98 Å². The molecule has 1 fully saturated rings. The van der Waals surface area contributed by atoms with Gasteiger partial charge in [0.25, 0.3) is 0 Å². The normalized spacial score (nSPS) is 26.2. The molecule has 4 rings (SSSR count). The highest BCUT2D eigenvalue weighted by atomic mass is 35.5. The van der Waals surface area contributed by atoms with E-state index >= 15 is 4.39 Å². The van der Waals surface area contributed by atoms with Crippen LogP contribution in [0.2, 0.25) is 0 Å². The summed E-state index contributed by atoms with van der Waals surface area (Å²) in [5, 5.41) is 0. The van der Waals surface area contributed by atoms with Crippen molar-refractivity contribution in [2.75, 3.05) is 13.7 Å². The van der Waals surface area contributed by atoms with E-state index < -0.39 is 24.1 Å². The number of hydrogen-bond acceptors (Lipinski definition) is 4. The number of benzene rings is 2. The molecule has 4 unspecified atom stereocenters. The van der Waals surface area contributed by atoms with E-state index in [1.165, 1.54) is 7.11 Å². The van der Waals surface area contributed by atoms with Gasteiger partial charge in [-0.3, -0.25) is 0 Å². The first kappa shape index (κ1) is 22.4. The monoisotopic (exact) mass is 432 g/mol. The molecule has 2 heterocycles. The Labute approximate surface area is 182 Å². The van der Waals surface area contributed by atoms with Gasteiger partial charge < -0.3 is 18.8 Å². The van der Waals surface area contributed by atoms with E-state index in [0.29, 0.717) is 12.4 Å². The zero-order valence-corrected chi connectivity index (χ0v) is 17.8. The molecule has 1 aliphatic heterocycles. The van der Waals surface area contributed by atoms with E-state index in [0.717, 1.165) is 11.1 Å². The van der Waals surface area contributed by atoms with Crippen molar-refractivity contribution < 1.29 is 18.6 Å². The summed E-state index contributed by atoms with van der Waals surface area (Å²) in [6, 6.07) is 19.5. The molecule has 7 heteroatoms. The minimum atomic E-state index is -1.43. The number of imidazole rings is 1. The molecule has 0 spiro atoms. The van der Waals surface area contributed by atoms with Gasteiger partial charge in [-0.05, 0) is 18.1 Å². The molecule has 4 atom stereocenters. The van der Waals surface area contributed by atoms with Crippen molar-refractivity contribution in [2.45, 2.75) is 37.6 Å². The number of alkyl halides is 1. The lowest BCUT2D eigenvalue weighted by Crippen LogP contribution is -2.61. The molecule has 0 radical (unpaired) electrons. The van der Waals surface area contributed by atoms with Gasteiger partial charge in [0, 0.05) is 19.5 Å². The average molecular weight is 433 g/mol. The van der Waals surface area contributed by atoms with E-state index in [1.54, 1.807) is 17.0 Å². The topological polar surface area (TPSA) is 45.5 Å². The summed E-state index contributed by atoms with van der Waals surface area (Å²) in [5.41, 5.74) is 0.512. The molecule has 5 nitrogen and oxygen atoms in total. The second-order valence-electron chi connectivity index (χ2n) is 7.15. The van der Waals surface area contributed by atoms with Crippen molar-refractivity contribution in [3.63, 3.8) is 0 Å². The lowest BCUT2D eigenvalue weighted by Gasteiger charge is -2.49. The summed E-state index contributed by atoms with van der Waals surface area (Å²) in [7, 11) is 1.51. The van der Waals surface area contributed by atoms with E-state index in [4.69, 9.17) is 14.2 Å². The molecule has 3 aromatic rings. The van der Waals surface area contributed by atoms with Crippen LogP contribution in [0.15, 0.2) is 73.1 Å². The maximum atomic E-state index is 15.5. The summed E-state index contributed by atoms with van der Waals surface area (Å²) >= 11 is 0. The molecule has 0 saturated carbocycles. The van der Waals surface area contributed by atoms with Gasteiger partial charge in [0.05, 0.1) is 13.2 Å². The zero-order chi connectivity index (χ0) is 20.3. The zero-order valence-electron chi connectivity index (χ0n) is 17.0. The number of aromatic nitrogens is 2. The van der Waals surface area contributed by atoms with Gasteiger partial charge in [0.15, 0.2) is 6.17 Å². The van der Waals surface area contributed by atoms with Crippen molar-refractivity contribution in [3.05, 3.63) is 90.0 Å². The van der Waals surface area contributed by atoms with Gasteiger partial charge in [0.2, 0.25) is 5.72 Å². The predicted octanol–water partition coefficient (Wildman–Crippen LogP) is 4.61. The average Bonchev–Trinajstić information content (AvgIpc) is 3.20. The highest BCUT2D eigenvalue weighted by Crippen LogP contribution is 2.44. The standard InChI is InChI=1S/C23H25FN2O3.ClH/c1-17-25-13-14-26(17)23(27-2)20(24)16-28-21(19-11-7-4-8-12-19)22(23)29-15-18-9-5-3-6-10-18;/h3-14,20-22H,15-16H2,1-2H3;1H. The summed E-state index contributed by atoms with van der Waals surface area (Å²) < 4.78 is 35.5. The van der Waals surface area contributed by atoms with Crippen LogP contribution in [-0.2, 0) is 26.5 Å². The molecule has 0 bridgehead atoms. The summed E-state index contributed by atoms with van der Waals surface area (Å²) in [6.07, 6.45) is 0.725. The molecule has 160 valence electrons. The highest BCUT2D eigenvalue weighted by molar-refractivity contribution is 5.85. The minimum absolute atomic E-state index is 0. The number of hydrogen-bond donors (Lipinski definition) is 0. The third-order valence-corrected chi connectivity index (χ3v) is 5.48. The van der Waals surface area contributed by atoms with Crippen LogP contribution in [0.1, 0.15) is 23.1 Å². The second kappa shape index (κ2) is 9.71. The van der Waals surface area contributed by atoms with Gasteiger partial charge >= 0.3 is 0 Å². The van der Waals surface area contributed by atoms with Crippen molar-refractivity contribution in [1.29, 1.82) is 0 Å². The fourth-order valence-corrected chi connectivity index (χ4v) is 4.05. The van der Waals surface area contributed by atoms with Crippen molar-refractivity contribution in [1.82, 2.24) is 9.55 Å². The van der Waals surface area contributed by atoms with Gasteiger partial charge in [-0.1, -0.05) is 60.7 Å². The van der Waals surface area contributed by atoms with Crippen LogP contribution in [0.25, 0.3) is 0 Å². The van der Waals surface area contributed by atoms with E-state index in [9.17, 15) is 0 Å². The second-order valence-corrected chi connectivity index (χ2v) is 7.15. The van der Waals surface area contributed by atoms with Gasteiger partial charge in [0.1, 0.15) is 18.0 Å². The number of aryl methyl sites for hydroxylation is 1. The molecule has 0 N–H and O–H groups in total. The Morgan fingerprint density at radius 3 is 2.40 bits per heavy atom. The third kappa shape index (κ3) is 4.01. The Morgan fingerprint density at radius 2 is 1.80 bits per heavy atom. The lowest BCUT2D eigenvalue weighted by atomic mass is 9.88.